The first kappa shape index (κ1) is 12.1. The van der Waals surface area contributed by atoms with Gasteiger partial charge < -0.3 is 10.2 Å². The van der Waals surface area contributed by atoms with Crippen LogP contribution in [0.4, 0.5) is 0 Å². The minimum absolute atomic E-state index is 0.189. The predicted molar refractivity (Wildman–Crippen MR) is 61.3 cm³/mol. The van der Waals surface area contributed by atoms with E-state index in [-0.39, 0.29) is 5.92 Å². The second-order valence-corrected chi connectivity index (χ2v) is 4.79. The van der Waals surface area contributed by atoms with E-state index in [1.54, 1.807) is 24.1 Å². The van der Waals surface area contributed by atoms with Crippen LogP contribution >= 0.6 is 0 Å². The van der Waals surface area contributed by atoms with Gasteiger partial charge in [-0.15, -0.1) is 0 Å². The molecule has 2 N–H and O–H groups in total. The molecule has 0 spiro atoms. The number of aryl methyl sites for hydroxylation is 1. The van der Waals surface area contributed by atoms with Crippen LogP contribution in [0.15, 0.2) is 12.4 Å². The van der Waals surface area contributed by atoms with E-state index in [9.17, 15) is 15.0 Å². The number of aliphatic hydroxyl groups is 1. The van der Waals surface area contributed by atoms with Gasteiger partial charge in [-0.3, -0.25) is 9.48 Å². The minimum Gasteiger partial charge on any atom is -0.481 e. The summed E-state index contributed by atoms with van der Waals surface area (Å²) in [5.74, 6) is -1.41. The minimum atomic E-state index is -0.794. The van der Waals surface area contributed by atoms with Crippen molar-refractivity contribution >= 4 is 5.97 Å². The van der Waals surface area contributed by atoms with E-state index < -0.39 is 18.0 Å². The number of hydrogen-bond acceptors (Lipinski definition) is 3. The Bertz CT molecular complexity index is 402. The van der Waals surface area contributed by atoms with Crippen LogP contribution in [-0.4, -0.2) is 26.0 Å². The van der Waals surface area contributed by atoms with Crippen LogP contribution < -0.4 is 0 Å². The zero-order chi connectivity index (χ0) is 12.4. The Morgan fingerprint density at radius 2 is 2.24 bits per heavy atom. The molecule has 3 atom stereocenters. The van der Waals surface area contributed by atoms with Gasteiger partial charge in [0.1, 0.15) is 0 Å². The first-order valence-corrected chi connectivity index (χ1v) is 5.99. The molecule has 1 fully saturated rings. The summed E-state index contributed by atoms with van der Waals surface area (Å²) in [6.07, 6.45) is 6.00. The van der Waals surface area contributed by atoms with Crippen LogP contribution in [-0.2, 0) is 11.8 Å². The average molecular weight is 238 g/mol. The Morgan fingerprint density at radius 3 is 2.82 bits per heavy atom. The summed E-state index contributed by atoms with van der Waals surface area (Å²) in [4.78, 5) is 11.2. The summed E-state index contributed by atoms with van der Waals surface area (Å²) in [6, 6.07) is 0. The smallest absolute Gasteiger partial charge is 0.306 e. The van der Waals surface area contributed by atoms with Gasteiger partial charge in [-0.2, -0.15) is 5.10 Å². The normalized spacial score (nSPS) is 26.7. The summed E-state index contributed by atoms with van der Waals surface area (Å²) < 4.78 is 1.62. The van der Waals surface area contributed by atoms with Crippen LogP contribution in [0.2, 0.25) is 0 Å². The second-order valence-electron chi connectivity index (χ2n) is 4.79. The quantitative estimate of drug-likeness (QED) is 0.833. The fraction of sp³-hybridized carbons (Fsp3) is 0.667. The maximum atomic E-state index is 11.2. The van der Waals surface area contributed by atoms with Crippen molar-refractivity contribution in [3.05, 3.63) is 18.0 Å². The van der Waals surface area contributed by atoms with Crippen LogP contribution in [0.1, 0.15) is 37.4 Å². The molecule has 0 amide bonds. The first-order valence-electron chi connectivity index (χ1n) is 5.99. The number of aromatic nitrogens is 2. The molecule has 0 aliphatic heterocycles. The highest BCUT2D eigenvalue weighted by Crippen LogP contribution is 2.38. The Kier molecular flexibility index (Phi) is 3.47. The zero-order valence-corrected chi connectivity index (χ0v) is 9.91. The van der Waals surface area contributed by atoms with Crippen molar-refractivity contribution in [2.75, 3.05) is 0 Å². The second kappa shape index (κ2) is 4.87. The molecule has 0 saturated heterocycles. The van der Waals surface area contributed by atoms with Gasteiger partial charge >= 0.3 is 5.97 Å². The van der Waals surface area contributed by atoms with Crippen molar-refractivity contribution in [2.24, 2.45) is 18.9 Å². The van der Waals surface area contributed by atoms with Crippen molar-refractivity contribution in [3.8, 4) is 0 Å². The van der Waals surface area contributed by atoms with Crippen molar-refractivity contribution in [1.82, 2.24) is 9.78 Å². The van der Waals surface area contributed by atoms with Crippen molar-refractivity contribution in [2.45, 2.75) is 31.8 Å². The zero-order valence-electron chi connectivity index (χ0n) is 9.91. The first-order chi connectivity index (χ1) is 8.09. The molecule has 1 aromatic rings. The molecule has 0 radical (unpaired) electrons. The number of carboxylic acid groups (broad SMARTS) is 1. The summed E-state index contributed by atoms with van der Waals surface area (Å²) >= 11 is 0. The fourth-order valence-corrected chi connectivity index (χ4v) is 2.68. The Labute approximate surface area is 100 Å². The van der Waals surface area contributed by atoms with Gasteiger partial charge in [-0.05, 0) is 12.8 Å². The predicted octanol–water partition coefficient (Wildman–Crippen LogP) is 1.34. The van der Waals surface area contributed by atoms with Gasteiger partial charge in [-0.25, -0.2) is 0 Å². The van der Waals surface area contributed by atoms with E-state index in [1.165, 1.54) is 0 Å². The number of carboxylic acids is 1. The molecule has 1 aliphatic carbocycles. The summed E-state index contributed by atoms with van der Waals surface area (Å²) in [5, 5.41) is 23.5. The number of hydrogen-bond donors (Lipinski definition) is 2. The van der Waals surface area contributed by atoms with Crippen molar-refractivity contribution in [1.29, 1.82) is 0 Å². The van der Waals surface area contributed by atoms with E-state index >= 15 is 0 Å². The van der Waals surface area contributed by atoms with Crippen molar-refractivity contribution in [3.63, 3.8) is 0 Å². The van der Waals surface area contributed by atoms with E-state index in [1.807, 2.05) is 0 Å². The molecule has 94 valence electrons. The average Bonchev–Trinajstić information content (AvgIpc) is 2.75. The number of carbonyl (C=O) groups is 1. The standard InChI is InChI=1S/C12H18N2O3/c1-14-7-8(6-13-14)11(15)9-4-2-3-5-10(9)12(16)17/h6-7,9-11,15H,2-5H2,1H3,(H,16,17). The summed E-state index contributed by atoms with van der Waals surface area (Å²) in [5.41, 5.74) is 0.714. The number of aliphatic carboxylic acids is 1. The Hall–Kier alpha value is -1.36. The van der Waals surface area contributed by atoms with Gasteiger partial charge in [0.15, 0.2) is 0 Å². The van der Waals surface area contributed by atoms with Gasteiger partial charge in [0.25, 0.3) is 0 Å². The van der Waals surface area contributed by atoms with E-state index in [0.29, 0.717) is 12.0 Å². The summed E-state index contributed by atoms with van der Waals surface area (Å²) in [7, 11) is 1.78. The van der Waals surface area contributed by atoms with Gasteiger partial charge in [-0.1, -0.05) is 12.8 Å². The SMILES string of the molecule is Cn1cc(C(O)C2CCCCC2C(=O)O)cn1. The molecule has 1 aliphatic rings. The highest BCUT2D eigenvalue weighted by Gasteiger charge is 2.36. The monoisotopic (exact) mass is 238 g/mol. The maximum absolute atomic E-state index is 11.2. The third-order valence-electron chi connectivity index (χ3n) is 3.61. The highest BCUT2D eigenvalue weighted by molar-refractivity contribution is 5.70. The Morgan fingerprint density at radius 1 is 1.53 bits per heavy atom. The molecule has 5 nitrogen and oxygen atoms in total. The lowest BCUT2D eigenvalue weighted by atomic mass is 9.75. The van der Waals surface area contributed by atoms with Crippen LogP contribution in [0.5, 0.6) is 0 Å². The van der Waals surface area contributed by atoms with E-state index in [2.05, 4.69) is 5.10 Å². The molecular weight excluding hydrogens is 220 g/mol. The van der Waals surface area contributed by atoms with E-state index in [0.717, 1.165) is 19.3 Å². The molecule has 17 heavy (non-hydrogen) atoms. The third-order valence-corrected chi connectivity index (χ3v) is 3.61. The molecule has 1 saturated carbocycles. The molecule has 1 heterocycles. The lowest BCUT2D eigenvalue weighted by molar-refractivity contribution is -0.147. The largest absolute Gasteiger partial charge is 0.481 e. The molecule has 5 heteroatoms. The maximum Gasteiger partial charge on any atom is 0.306 e. The number of rotatable bonds is 3. The number of aliphatic hydroxyl groups excluding tert-OH is 1. The van der Waals surface area contributed by atoms with Crippen LogP contribution in [0.3, 0.4) is 0 Å². The van der Waals surface area contributed by atoms with Crippen molar-refractivity contribution < 1.29 is 15.0 Å². The van der Waals surface area contributed by atoms with E-state index in [4.69, 9.17) is 0 Å². The third kappa shape index (κ3) is 2.49. The topological polar surface area (TPSA) is 75.4 Å². The number of nitrogens with zero attached hydrogens (tertiary/aromatic N) is 2. The fourth-order valence-electron chi connectivity index (χ4n) is 2.68. The van der Waals surface area contributed by atoms with Crippen LogP contribution in [0.25, 0.3) is 0 Å². The molecule has 1 aromatic heterocycles. The molecule has 2 rings (SSSR count). The summed E-state index contributed by atoms with van der Waals surface area (Å²) in [6.45, 7) is 0. The van der Waals surface area contributed by atoms with Crippen LogP contribution in [0, 0.1) is 11.8 Å². The molecule has 0 aromatic carbocycles. The molecule has 3 unspecified atom stereocenters. The lowest BCUT2D eigenvalue weighted by Gasteiger charge is -2.31. The van der Waals surface area contributed by atoms with Gasteiger partial charge in [0.2, 0.25) is 0 Å². The van der Waals surface area contributed by atoms with Gasteiger partial charge in [0.05, 0.1) is 18.2 Å². The molecule has 0 bridgehead atoms. The Balaban J connectivity index is 2.16. The lowest BCUT2D eigenvalue weighted by Crippen LogP contribution is -2.31. The highest BCUT2D eigenvalue weighted by atomic mass is 16.4. The van der Waals surface area contributed by atoms with Gasteiger partial charge in [0, 0.05) is 24.7 Å². The molecular formula is C12H18N2O3.